The summed E-state index contributed by atoms with van der Waals surface area (Å²) in [7, 11) is -1.43. The Balaban J connectivity index is 1.76. The van der Waals surface area contributed by atoms with Crippen molar-refractivity contribution in [2.45, 2.75) is 69.5 Å². The van der Waals surface area contributed by atoms with Crippen molar-refractivity contribution in [1.29, 1.82) is 0 Å². The van der Waals surface area contributed by atoms with E-state index in [1.165, 1.54) is 37.3 Å². The second-order valence-electron chi connectivity index (χ2n) is 11.1. The Morgan fingerprint density at radius 1 is 0.956 bits per heavy atom. The number of sulfonamides is 1. The average molecular weight is 677 g/mol. The van der Waals surface area contributed by atoms with Crippen LogP contribution in [-0.4, -0.2) is 58.0 Å². The van der Waals surface area contributed by atoms with E-state index in [0.29, 0.717) is 21.4 Å². The Morgan fingerprint density at radius 2 is 1.64 bits per heavy atom. The number of halogens is 2. The van der Waals surface area contributed by atoms with Crippen molar-refractivity contribution in [2.24, 2.45) is 0 Å². The number of hydrogen-bond donors (Lipinski definition) is 1. The second kappa shape index (κ2) is 15.2. The number of anilines is 1. The van der Waals surface area contributed by atoms with Crippen LogP contribution in [0.3, 0.4) is 0 Å². The highest BCUT2D eigenvalue weighted by atomic mass is 35.5. The van der Waals surface area contributed by atoms with E-state index in [1.54, 1.807) is 49.4 Å². The zero-order valence-corrected chi connectivity index (χ0v) is 28.2. The Kier molecular flexibility index (Phi) is 11.6. The van der Waals surface area contributed by atoms with E-state index in [9.17, 15) is 18.0 Å². The summed E-state index contributed by atoms with van der Waals surface area (Å²) in [5.41, 5.74) is 1.53. The molecule has 0 heterocycles. The Bertz CT molecular complexity index is 1610. The SMILES string of the molecule is COc1ccc(OC)c(N(CC(=O)N(Cc2ccc(Cl)cc2Cl)[C@@H](C)C(=O)NC2CCCCC2)S(=O)(=O)c2ccc(C)cc2)c1. The van der Waals surface area contributed by atoms with Crippen molar-refractivity contribution in [3.05, 3.63) is 81.8 Å². The molecule has 0 unspecified atom stereocenters. The van der Waals surface area contributed by atoms with Gasteiger partial charge in [-0.25, -0.2) is 8.42 Å². The molecule has 0 aliphatic heterocycles. The number of hydrogen-bond acceptors (Lipinski definition) is 6. The summed E-state index contributed by atoms with van der Waals surface area (Å²) < 4.78 is 40.4. The molecule has 0 bridgehead atoms. The van der Waals surface area contributed by atoms with E-state index in [0.717, 1.165) is 42.0 Å². The lowest BCUT2D eigenvalue weighted by atomic mass is 9.95. The first-order valence-electron chi connectivity index (χ1n) is 14.8. The standard InChI is InChI=1S/C33H39Cl2N3O6S/c1-22-10-15-28(16-11-22)45(41,42)38(30-19-27(43-3)14-17-31(30)44-4)21-32(39)37(20-24-12-13-25(34)18-29(24)35)23(2)33(40)36-26-8-6-5-7-9-26/h10-19,23,26H,5-9,20-21H2,1-4H3,(H,36,40)/t23-/m0/s1. The maximum absolute atomic E-state index is 14.3. The number of nitrogens with one attached hydrogen (secondary N) is 1. The van der Waals surface area contributed by atoms with Gasteiger partial charge in [-0.05, 0) is 68.7 Å². The molecule has 0 spiro atoms. The average Bonchev–Trinajstić information content (AvgIpc) is 3.03. The summed E-state index contributed by atoms with van der Waals surface area (Å²) in [6.07, 6.45) is 4.91. The van der Waals surface area contributed by atoms with E-state index < -0.39 is 28.5 Å². The number of carbonyl (C=O) groups excluding carboxylic acids is 2. The first-order valence-corrected chi connectivity index (χ1v) is 17.0. The highest BCUT2D eigenvalue weighted by molar-refractivity contribution is 7.92. The van der Waals surface area contributed by atoms with Crippen molar-refractivity contribution in [2.75, 3.05) is 25.1 Å². The van der Waals surface area contributed by atoms with Crippen LogP contribution in [0.4, 0.5) is 5.69 Å². The molecule has 0 aromatic heterocycles. The predicted octanol–water partition coefficient (Wildman–Crippen LogP) is 6.38. The van der Waals surface area contributed by atoms with Crippen LogP contribution in [0.5, 0.6) is 11.5 Å². The van der Waals surface area contributed by atoms with Crippen LogP contribution < -0.4 is 19.1 Å². The topological polar surface area (TPSA) is 105 Å². The number of aryl methyl sites for hydroxylation is 1. The molecule has 45 heavy (non-hydrogen) atoms. The van der Waals surface area contributed by atoms with Crippen LogP contribution >= 0.6 is 23.2 Å². The summed E-state index contributed by atoms with van der Waals surface area (Å²) in [5, 5.41) is 3.83. The maximum atomic E-state index is 14.3. The fourth-order valence-corrected chi connectivity index (χ4v) is 7.21. The zero-order chi connectivity index (χ0) is 32.7. The molecular formula is C33H39Cl2N3O6S. The maximum Gasteiger partial charge on any atom is 0.264 e. The summed E-state index contributed by atoms with van der Waals surface area (Å²) in [6, 6.07) is 15.0. The predicted molar refractivity (Wildman–Crippen MR) is 177 cm³/mol. The van der Waals surface area contributed by atoms with Crippen LogP contribution in [0.1, 0.15) is 50.2 Å². The summed E-state index contributed by atoms with van der Waals surface area (Å²) in [6.45, 7) is 2.79. The number of nitrogens with zero attached hydrogens (tertiary/aromatic N) is 2. The number of rotatable bonds is 12. The van der Waals surface area contributed by atoms with Crippen molar-refractivity contribution in [3.63, 3.8) is 0 Å². The summed E-state index contributed by atoms with van der Waals surface area (Å²) in [4.78, 5) is 29.2. The fraction of sp³-hybridized carbons (Fsp3) is 0.394. The lowest BCUT2D eigenvalue weighted by Crippen LogP contribution is -2.53. The minimum atomic E-state index is -4.31. The Morgan fingerprint density at radius 3 is 2.27 bits per heavy atom. The monoisotopic (exact) mass is 675 g/mol. The minimum absolute atomic E-state index is 0.0128. The number of methoxy groups -OCH3 is 2. The van der Waals surface area contributed by atoms with Crippen LogP contribution in [0.15, 0.2) is 65.6 Å². The number of benzene rings is 3. The van der Waals surface area contributed by atoms with E-state index in [4.69, 9.17) is 32.7 Å². The van der Waals surface area contributed by atoms with E-state index in [1.807, 2.05) is 6.92 Å². The quantitative estimate of drug-likeness (QED) is 0.239. The molecule has 0 radical (unpaired) electrons. The molecule has 0 saturated heterocycles. The van der Waals surface area contributed by atoms with Crippen LogP contribution in [0.2, 0.25) is 10.0 Å². The third kappa shape index (κ3) is 8.42. The van der Waals surface area contributed by atoms with Gasteiger partial charge in [0.25, 0.3) is 10.0 Å². The van der Waals surface area contributed by atoms with Gasteiger partial charge in [0.05, 0.1) is 24.8 Å². The van der Waals surface area contributed by atoms with Crippen molar-refractivity contribution >= 4 is 50.7 Å². The molecule has 1 atom stereocenters. The molecule has 9 nitrogen and oxygen atoms in total. The zero-order valence-electron chi connectivity index (χ0n) is 25.9. The molecule has 1 aliphatic carbocycles. The van der Waals surface area contributed by atoms with Crippen LogP contribution in [0, 0.1) is 6.92 Å². The first-order chi connectivity index (χ1) is 21.4. The molecule has 12 heteroatoms. The largest absolute Gasteiger partial charge is 0.497 e. The molecule has 3 aromatic carbocycles. The van der Waals surface area contributed by atoms with Gasteiger partial charge in [-0.3, -0.25) is 13.9 Å². The molecule has 1 N–H and O–H groups in total. The highest BCUT2D eigenvalue weighted by Crippen LogP contribution is 2.36. The van der Waals surface area contributed by atoms with Crippen LogP contribution in [0.25, 0.3) is 0 Å². The van der Waals surface area contributed by atoms with Gasteiger partial charge >= 0.3 is 0 Å². The number of ether oxygens (including phenoxy) is 2. The van der Waals surface area contributed by atoms with Gasteiger partial charge in [0.15, 0.2) is 0 Å². The van der Waals surface area contributed by atoms with Gasteiger partial charge in [-0.15, -0.1) is 0 Å². The molecule has 242 valence electrons. The molecule has 3 aromatic rings. The van der Waals surface area contributed by atoms with E-state index >= 15 is 0 Å². The summed E-state index contributed by atoms with van der Waals surface area (Å²) >= 11 is 12.6. The lowest BCUT2D eigenvalue weighted by Gasteiger charge is -2.33. The minimum Gasteiger partial charge on any atom is -0.497 e. The van der Waals surface area contributed by atoms with Gasteiger partial charge in [0.1, 0.15) is 24.1 Å². The highest BCUT2D eigenvalue weighted by Gasteiger charge is 2.35. The normalized spacial score (nSPS) is 14.4. The van der Waals surface area contributed by atoms with Crippen molar-refractivity contribution in [3.8, 4) is 11.5 Å². The lowest BCUT2D eigenvalue weighted by molar-refractivity contribution is -0.139. The van der Waals surface area contributed by atoms with Gasteiger partial charge in [0, 0.05) is 28.7 Å². The van der Waals surface area contributed by atoms with Gasteiger partial charge in [0.2, 0.25) is 11.8 Å². The van der Waals surface area contributed by atoms with E-state index in [2.05, 4.69) is 5.32 Å². The number of amides is 2. The molecule has 2 amide bonds. The summed E-state index contributed by atoms with van der Waals surface area (Å²) in [5.74, 6) is -0.359. The molecule has 1 saturated carbocycles. The Hall–Kier alpha value is -3.47. The van der Waals surface area contributed by atoms with E-state index in [-0.39, 0.29) is 34.8 Å². The second-order valence-corrected chi connectivity index (χ2v) is 13.8. The fourth-order valence-electron chi connectivity index (χ4n) is 5.33. The third-order valence-corrected chi connectivity index (χ3v) is 10.4. The van der Waals surface area contributed by atoms with Crippen molar-refractivity contribution in [1.82, 2.24) is 10.2 Å². The molecular weight excluding hydrogens is 637 g/mol. The van der Waals surface area contributed by atoms with Gasteiger partial charge < -0.3 is 19.7 Å². The van der Waals surface area contributed by atoms with Crippen molar-refractivity contribution < 1.29 is 27.5 Å². The first kappa shape index (κ1) is 34.4. The smallest absolute Gasteiger partial charge is 0.264 e. The molecule has 1 fully saturated rings. The van der Waals surface area contributed by atoms with Crippen LogP contribution in [-0.2, 0) is 26.2 Å². The number of carbonyl (C=O) groups is 2. The Labute approximate surface area is 275 Å². The third-order valence-electron chi connectivity index (χ3n) is 8.02. The van der Waals surface area contributed by atoms with Gasteiger partial charge in [-0.2, -0.15) is 0 Å². The molecule has 4 rings (SSSR count). The van der Waals surface area contributed by atoms with Gasteiger partial charge in [-0.1, -0.05) is 66.2 Å². The molecule has 1 aliphatic rings.